The number of nitrogens with one attached hydrogen (secondary N) is 1. The molecule has 1 aliphatic carbocycles. The van der Waals surface area contributed by atoms with Crippen LogP contribution in [0, 0.1) is 0 Å². The lowest BCUT2D eigenvalue weighted by Gasteiger charge is -2.20. The maximum Gasteiger partial charge on any atom is 0.231 e. The van der Waals surface area contributed by atoms with E-state index in [-0.39, 0.29) is 13.4 Å². The van der Waals surface area contributed by atoms with Gasteiger partial charge < -0.3 is 24.6 Å². The van der Waals surface area contributed by atoms with Gasteiger partial charge in [-0.05, 0) is 32.8 Å². The van der Waals surface area contributed by atoms with E-state index in [0.29, 0.717) is 11.8 Å². The first-order valence-corrected chi connectivity index (χ1v) is 7.02. The smallest absolute Gasteiger partial charge is 0.231 e. The minimum absolute atomic E-state index is 0.239. The second-order valence-corrected chi connectivity index (χ2v) is 6.07. The highest BCUT2D eigenvalue weighted by atomic mass is 16.7. The highest BCUT2D eigenvalue weighted by molar-refractivity contribution is 5.51. The first-order chi connectivity index (χ1) is 9.51. The molecule has 0 spiro atoms. The number of benzene rings is 1. The summed E-state index contributed by atoms with van der Waals surface area (Å²) in [6, 6.07) is 4.43. The van der Waals surface area contributed by atoms with Crippen LogP contribution in [0.2, 0.25) is 0 Å². The molecule has 0 aromatic heterocycles. The summed E-state index contributed by atoms with van der Waals surface area (Å²) in [4.78, 5) is 0. The highest BCUT2D eigenvalue weighted by Gasteiger charge is 2.23. The Morgan fingerprint density at radius 1 is 1.30 bits per heavy atom. The fourth-order valence-corrected chi connectivity index (χ4v) is 2.03. The van der Waals surface area contributed by atoms with E-state index in [2.05, 4.69) is 5.32 Å². The van der Waals surface area contributed by atoms with Crippen molar-refractivity contribution in [1.29, 1.82) is 0 Å². The Labute approximate surface area is 118 Å². The molecule has 1 fully saturated rings. The minimum atomic E-state index is -0.864. The first kappa shape index (κ1) is 13.5. The van der Waals surface area contributed by atoms with E-state index in [4.69, 9.17) is 14.2 Å². The van der Waals surface area contributed by atoms with Crippen LogP contribution in [0.15, 0.2) is 12.1 Å². The van der Waals surface area contributed by atoms with E-state index >= 15 is 0 Å². The summed E-state index contributed by atoms with van der Waals surface area (Å²) in [5, 5.41) is 13.3. The van der Waals surface area contributed by atoms with Gasteiger partial charge in [0.1, 0.15) is 12.4 Å². The molecule has 3 rings (SSSR count). The van der Waals surface area contributed by atoms with Crippen molar-refractivity contribution >= 4 is 0 Å². The van der Waals surface area contributed by atoms with Gasteiger partial charge in [-0.3, -0.25) is 0 Å². The predicted octanol–water partition coefficient (Wildman–Crippen LogP) is 1.82. The molecule has 0 atom stereocenters. The van der Waals surface area contributed by atoms with Crippen molar-refractivity contribution in [2.75, 3.05) is 13.4 Å². The Morgan fingerprint density at radius 2 is 2.00 bits per heavy atom. The van der Waals surface area contributed by atoms with Crippen LogP contribution >= 0.6 is 0 Å². The molecule has 1 aromatic rings. The zero-order chi connectivity index (χ0) is 14.2. The molecule has 1 aromatic carbocycles. The lowest BCUT2D eigenvalue weighted by molar-refractivity contribution is 0.0280. The molecule has 20 heavy (non-hydrogen) atoms. The van der Waals surface area contributed by atoms with Gasteiger partial charge in [0.25, 0.3) is 0 Å². The maximum absolute atomic E-state index is 9.79. The molecule has 0 bridgehead atoms. The van der Waals surface area contributed by atoms with E-state index < -0.39 is 5.60 Å². The average molecular weight is 279 g/mol. The summed E-state index contributed by atoms with van der Waals surface area (Å²) < 4.78 is 16.5. The van der Waals surface area contributed by atoms with Crippen LogP contribution in [0.4, 0.5) is 0 Å². The van der Waals surface area contributed by atoms with Gasteiger partial charge in [-0.1, -0.05) is 0 Å². The van der Waals surface area contributed by atoms with Crippen LogP contribution in [0.5, 0.6) is 17.2 Å². The van der Waals surface area contributed by atoms with Crippen LogP contribution in [0.1, 0.15) is 32.3 Å². The Bertz CT molecular complexity index is 491. The van der Waals surface area contributed by atoms with Crippen LogP contribution in [-0.4, -0.2) is 30.1 Å². The summed E-state index contributed by atoms with van der Waals surface area (Å²) >= 11 is 0. The number of aliphatic hydroxyl groups is 1. The molecule has 2 aliphatic rings. The molecule has 0 unspecified atom stereocenters. The third-order valence-corrected chi connectivity index (χ3v) is 3.30. The van der Waals surface area contributed by atoms with E-state index in [1.54, 1.807) is 13.8 Å². The fourth-order valence-electron chi connectivity index (χ4n) is 2.03. The molecule has 0 radical (unpaired) electrons. The van der Waals surface area contributed by atoms with Crippen molar-refractivity contribution in [1.82, 2.24) is 5.32 Å². The van der Waals surface area contributed by atoms with Crippen molar-refractivity contribution < 1.29 is 19.3 Å². The minimum Gasteiger partial charge on any atom is -0.490 e. The monoisotopic (exact) mass is 279 g/mol. The van der Waals surface area contributed by atoms with E-state index in [1.165, 1.54) is 12.8 Å². The SMILES string of the molecule is CC(C)(O)COc1cc2c(cc1CNC1CC1)OCO2. The first-order valence-electron chi connectivity index (χ1n) is 7.02. The van der Waals surface area contributed by atoms with Crippen LogP contribution in [-0.2, 0) is 6.54 Å². The number of hydrogen-bond donors (Lipinski definition) is 2. The zero-order valence-electron chi connectivity index (χ0n) is 11.9. The van der Waals surface area contributed by atoms with Crippen LogP contribution in [0.3, 0.4) is 0 Å². The van der Waals surface area contributed by atoms with Gasteiger partial charge in [-0.25, -0.2) is 0 Å². The third-order valence-electron chi connectivity index (χ3n) is 3.30. The van der Waals surface area contributed by atoms with Crippen molar-refractivity contribution in [3.8, 4) is 17.2 Å². The van der Waals surface area contributed by atoms with Crippen molar-refractivity contribution in [2.24, 2.45) is 0 Å². The Balaban J connectivity index is 1.76. The molecule has 1 saturated carbocycles. The van der Waals surface area contributed by atoms with Crippen molar-refractivity contribution in [2.45, 2.75) is 44.9 Å². The van der Waals surface area contributed by atoms with Gasteiger partial charge in [0, 0.05) is 24.2 Å². The van der Waals surface area contributed by atoms with Crippen molar-refractivity contribution in [3.05, 3.63) is 17.7 Å². The lowest BCUT2D eigenvalue weighted by Crippen LogP contribution is -2.28. The van der Waals surface area contributed by atoms with Gasteiger partial charge in [-0.15, -0.1) is 0 Å². The second kappa shape index (κ2) is 5.14. The molecule has 2 N–H and O–H groups in total. The Morgan fingerprint density at radius 3 is 2.65 bits per heavy atom. The number of hydrogen-bond acceptors (Lipinski definition) is 5. The van der Waals surface area contributed by atoms with E-state index in [1.807, 2.05) is 12.1 Å². The molecule has 0 saturated heterocycles. The van der Waals surface area contributed by atoms with Gasteiger partial charge in [-0.2, -0.15) is 0 Å². The molecule has 0 amide bonds. The van der Waals surface area contributed by atoms with Gasteiger partial charge in [0.2, 0.25) is 6.79 Å². The molecular weight excluding hydrogens is 258 g/mol. The number of fused-ring (bicyclic) bond motifs is 1. The molecular formula is C15H21NO4. The summed E-state index contributed by atoms with van der Waals surface area (Å²) in [5.41, 5.74) is 0.169. The second-order valence-electron chi connectivity index (χ2n) is 6.07. The van der Waals surface area contributed by atoms with E-state index in [9.17, 15) is 5.11 Å². The quantitative estimate of drug-likeness (QED) is 0.831. The molecule has 1 heterocycles. The van der Waals surface area contributed by atoms with Gasteiger partial charge >= 0.3 is 0 Å². The summed E-state index contributed by atoms with van der Waals surface area (Å²) in [6.45, 7) is 4.68. The third kappa shape index (κ3) is 3.35. The largest absolute Gasteiger partial charge is 0.490 e. The zero-order valence-corrected chi connectivity index (χ0v) is 11.9. The standard InChI is InChI=1S/C15H21NO4/c1-15(2,17)8-18-12-6-14-13(19-9-20-14)5-10(12)7-16-11-3-4-11/h5-6,11,16-17H,3-4,7-9H2,1-2H3. The maximum atomic E-state index is 9.79. The van der Waals surface area contributed by atoms with Gasteiger partial charge in [0.05, 0.1) is 5.60 Å². The predicted molar refractivity (Wildman–Crippen MR) is 74.2 cm³/mol. The molecule has 5 nitrogen and oxygen atoms in total. The Kier molecular flexibility index (Phi) is 3.48. The van der Waals surface area contributed by atoms with E-state index in [0.717, 1.165) is 23.6 Å². The summed E-state index contributed by atoms with van der Waals surface area (Å²) in [5.74, 6) is 2.20. The Hall–Kier alpha value is -1.46. The summed E-state index contributed by atoms with van der Waals surface area (Å²) in [7, 11) is 0. The van der Waals surface area contributed by atoms with Crippen LogP contribution in [0.25, 0.3) is 0 Å². The number of rotatable bonds is 6. The topological polar surface area (TPSA) is 60.0 Å². The molecule has 5 heteroatoms. The average Bonchev–Trinajstić information content (AvgIpc) is 3.10. The highest BCUT2D eigenvalue weighted by Crippen LogP contribution is 2.38. The normalized spacial score (nSPS) is 17.4. The lowest BCUT2D eigenvalue weighted by atomic mass is 10.1. The van der Waals surface area contributed by atoms with Crippen molar-refractivity contribution in [3.63, 3.8) is 0 Å². The molecule has 110 valence electrons. The van der Waals surface area contributed by atoms with Gasteiger partial charge in [0.15, 0.2) is 11.5 Å². The van der Waals surface area contributed by atoms with Crippen LogP contribution < -0.4 is 19.5 Å². The molecule has 1 aliphatic heterocycles. The summed E-state index contributed by atoms with van der Waals surface area (Å²) in [6.07, 6.45) is 2.48. The fraction of sp³-hybridized carbons (Fsp3) is 0.600. The number of ether oxygens (including phenoxy) is 3.